The van der Waals surface area contributed by atoms with Crippen molar-refractivity contribution in [2.75, 3.05) is 13.2 Å². The van der Waals surface area contributed by atoms with Gasteiger partial charge in [0.1, 0.15) is 13.2 Å². The normalized spacial score (nSPS) is 12.2. The Labute approximate surface area is 480 Å². The zero-order valence-electron chi connectivity index (χ0n) is 52.0. The summed E-state index contributed by atoms with van der Waals surface area (Å²) in [6.45, 7) is 6.68. The first-order valence-corrected chi connectivity index (χ1v) is 34.5. The van der Waals surface area contributed by atoms with E-state index in [4.69, 9.17) is 14.2 Å². The van der Waals surface area contributed by atoms with Crippen LogP contribution in [0.25, 0.3) is 0 Å². The van der Waals surface area contributed by atoms with Crippen molar-refractivity contribution in [3.63, 3.8) is 0 Å². The Hall–Kier alpha value is -2.37. The highest BCUT2D eigenvalue weighted by Crippen LogP contribution is 2.18. The molecule has 0 aromatic heterocycles. The summed E-state index contributed by atoms with van der Waals surface area (Å²) >= 11 is 0. The van der Waals surface area contributed by atoms with Gasteiger partial charge in [0, 0.05) is 19.3 Å². The number of esters is 3. The lowest BCUT2D eigenvalue weighted by molar-refractivity contribution is -0.167. The minimum atomic E-state index is -0.766. The van der Waals surface area contributed by atoms with Crippen molar-refractivity contribution < 1.29 is 28.6 Å². The molecular formula is C71H132O6. The summed E-state index contributed by atoms with van der Waals surface area (Å²) in [5.41, 5.74) is 0. The van der Waals surface area contributed by atoms with Crippen molar-refractivity contribution in [1.29, 1.82) is 0 Å². The van der Waals surface area contributed by atoms with Gasteiger partial charge in [-0.05, 0) is 57.8 Å². The maximum absolute atomic E-state index is 12.9. The van der Waals surface area contributed by atoms with E-state index in [9.17, 15) is 14.4 Å². The first-order chi connectivity index (χ1) is 38.0. The molecule has 77 heavy (non-hydrogen) atoms. The van der Waals surface area contributed by atoms with Gasteiger partial charge in [0.2, 0.25) is 0 Å². The Bertz CT molecular complexity index is 1290. The van der Waals surface area contributed by atoms with Gasteiger partial charge >= 0.3 is 17.9 Å². The summed E-state index contributed by atoms with van der Waals surface area (Å²) in [6.07, 6.45) is 81.8. The van der Waals surface area contributed by atoms with Crippen LogP contribution in [0.3, 0.4) is 0 Å². The molecule has 6 heteroatoms. The lowest BCUT2D eigenvalue weighted by Gasteiger charge is -2.18. The second-order valence-electron chi connectivity index (χ2n) is 23.5. The maximum Gasteiger partial charge on any atom is 0.306 e. The maximum atomic E-state index is 12.9. The summed E-state index contributed by atoms with van der Waals surface area (Å²) < 4.78 is 16.9. The molecule has 0 rings (SSSR count). The van der Waals surface area contributed by atoms with Gasteiger partial charge in [-0.25, -0.2) is 0 Å². The van der Waals surface area contributed by atoms with E-state index >= 15 is 0 Å². The molecule has 1 atom stereocenters. The van der Waals surface area contributed by atoms with Crippen LogP contribution >= 0.6 is 0 Å². The van der Waals surface area contributed by atoms with Gasteiger partial charge in [-0.2, -0.15) is 0 Å². The molecule has 0 aliphatic rings. The van der Waals surface area contributed by atoms with Crippen molar-refractivity contribution in [2.45, 2.75) is 386 Å². The van der Waals surface area contributed by atoms with Crippen LogP contribution in [-0.2, 0) is 28.6 Å². The molecule has 0 aliphatic carbocycles. The van der Waals surface area contributed by atoms with E-state index in [1.807, 2.05) is 0 Å². The highest BCUT2D eigenvalue weighted by atomic mass is 16.6. The third-order valence-corrected chi connectivity index (χ3v) is 15.6. The summed E-state index contributed by atoms with van der Waals surface area (Å²) in [5, 5.41) is 0. The van der Waals surface area contributed by atoms with E-state index in [0.717, 1.165) is 70.6 Å². The number of unbranched alkanes of at least 4 members (excludes halogenated alkanes) is 47. The Balaban J connectivity index is 4.10. The third kappa shape index (κ3) is 64.3. The fourth-order valence-electron chi connectivity index (χ4n) is 10.5. The molecule has 0 heterocycles. The summed E-state index contributed by atoms with van der Waals surface area (Å²) in [6, 6.07) is 0. The van der Waals surface area contributed by atoms with E-state index < -0.39 is 6.10 Å². The molecule has 0 spiro atoms. The van der Waals surface area contributed by atoms with Crippen molar-refractivity contribution in [3.8, 4) is 0 Å². The second kappa shape index (κ2) is 66.1. The van der Waals surface area contributed by atoms with Crippen LogP contribution < -0.4 is 0 Å². The monoisotopic (exact) mass is 1080 g/mol. The molecule has 6 nitrogen and oxygen atoms in total. The van der Waals surface area contributed by atoms with E-state index in [-0.39, 0.29) is 31.1 Å². The molecule has 0 aromatic rings. The molecule has 0 aliphatic heterocycles. The van der Waals surface area contributed by atoms with E-state index in [1.165, 1.54) is 270 Å². The van der Waals surface area contributed by atoms with Crippen molar-refractivity contribution >= 4 is 17.9 Å². The van der Waals surface area contributed by atoms with E-state index in [1.54, 1.807) is 0 Å². The molecule has 0 N–H and O–H groups in total. The highest BCUT2D eigenvalue weighted by Gasteiger charge is 2.19. The Morgan fingerprint density at radius 1 is 0.260 bits per heavy atom. The first-order valence-electron chi connectivity index (χ1n) is 34.5. The van der Waals surface area contributed by atoms with Crippen LogP contribution in [-0.4, -0.2) is 37.2 Å². The summed E-state index contributed by atoms with van der Waals surface area (Å²) in [5.74, 6) is -0.839. The number of rotatable bonds is 64. The van der Waals surface area contributed by atoms with Crippen LogP contribution in [0.1, 0.15) is 380 Å². The third-order valence-electron chi connectivity index (χ3n) is 15.6. The molecule has 0 amide bonds. The number of ether oxygens (including phenoxy) is 3. The topological polar surface area (TPSA) is 78.9 Å². The second-order valence-corrected chi connectivity index (χ2v) is 23.5. The Morgan fingerprint density at radius 2 is 0.468 bits per heavy atom. The van der Waals surface area contributed by atoms with E-state index in [2.05, 4.69) is 57.2 Å². The number of hydrogen-bond acceptors (Lipinski definition) is 6. The molecule has 0 saturated carbocycles. The van der Waals surface area contributed by atoms with Crippen LogP contribution in [0.2, 0.25) is 0 Å². The minimum Gasteiger partial charge on any atom is -0.462 e. The quantitative estimate of drug-likeness (QED) is 0.0261. The van der Waals surface area contributed by atoms with Crippen LogP contribution in [0.5, 0.6) is 0 Å². The Morgan fingerprint density at radius 3 is 0.727 bits per heavy atom. The molecule has 1 unspecified atom stereocenters. The number of allylic oxidation sites excluding steroid dienone is 6. The highest BCUT2D eigenvalue weighted by molar-refractivity contribution is 5.71. The predicted octanol–water partition coefficient (Wildman–Crippen LogP) is 23.6. The lowest BCUT2D eigenvalue weighted by atomic mass is 10.0. The number of carbonyl (C=O) groups is 3. The van der Waals surface area contributed by atoms with Gasteiger partial charge < -0.3 is 14.2 Å². The molecule has 0 radical (unpaired) electrons. The van der Waals surface area contributed by atoms with Crippen LogP contribution in [0.15, 0.2) is 36.5 Å². The predicted molar refractivity (Wildman–Crippen MR) is 335 cm³/mol. The van der Waals surface area contributed by atoms with Gasteiger partial charge in [-0.3, -0.25) is 14.4 Å². The average molecular weight is 1080 g/mol. The SMILES string of the molecule is CCCCCCC/C=C\C/C=C\C/C=C\CCCCCCCCCCCCCCCCCCC(=O)OCC(COC(=O)CCCCCCCCCCCC)OC(=O)CCCCCCCCCCCCCCCCCCCC. The minimum absolute atomic E-state index is 0.0652. The Kier molecular flexibility index (Phi) is 64.1. The molecule has 0 bridgehead atoms. The van der Waals surface area contributed by atoms with Gasteiger partial charge in [-0.1, -0.05) is 340 Å². The fourth-order valence-corrected chi connectivity index (χ4v) is 10.5. The lowest BCUT2D eigenvalue weighted by Crippen LogP contribution is -2.30. The molecule has 452 valence electrons. The first kappa shape index (κ1) is 74.6. The largest absolute Gasteiger partial charge is 0.462 e. The van der Waals surface area contributed by atoms with Crippen molar-refractivity contribution in [1.82, 2.24) is 0 Å². The zero-order chi connectivity index (χ0) is 55.7. The fraction of sp³-hybridized carbons (Fsp3) is 0.873. The zero-order valence-corrected chi connectivity index (χ0v) is 52.0. The van der Waals surface area contributed by atoms with Crippen molar-refractivity contribution in [2.24, 2.45) is 0 Å². The van der Waals surface area contributed by atoms with Crippen LogP contribution in [0.4, 0.5) is 0 Å². The van der Waals surface area contributed by atoms with Gasteiger partial charge in [-0.15, -0.1) is 0 Å². The summed E-state index contributed by atoms with van der Waals surface area (Å²) in [4.78, 5) is 38.3. The van der Waals surface area contributed by atoms with E-state index in [0.29, 0.717) is 19.3 Å². The molecular weight excluding hydrogens is 949 g/mol. The molecule has 0 saturated heterocycles. The smallest absolute Gasteiger partial charge is 0.306 e. The van der Waals surface area contributed by atoms with Gasteiger partial charge in [0.15, 0.2) is 6.10 Å². The number of hydrogen-bond donors (Lipinski definition) is 0. The summed E-state index contributed by atoms with van der Waals surface area (Å²) in [7, 11) is 0. The van der Waals surface area contributed by atoms with Gasteiger partial charge in [0.25, 0.3) is 0 Å². The van der Waals surface area contributed by atoms with Crippen molar-refractivity contribution in [3.05, 3.63) is 36.5 Å². The molecule has 0 fully saturated rings. The standard InChI is InChI=1S/C71H132O6/c1-4-7-10-13-16-19-22-24-26-28-30-31-32-33-34-35-36-37-38-39-40-41-42-44-45-47-49-52-55-58-61-64-70(73)76-67-68(66-75-69(72)63-60-57-54-51-21-18-15-12-9-6-3)77-71(74)65-62-59-56-53-50-48-46-43-29-27-25-23-20-17-14-11-8-5-2/h22,24,28,30,32-33,68H,4-21,23,25-27,29,31,34-67H2,1-3H3/b24-22-,30-28-,33-32-. The van der Waals surface area contributed by atoms with Crippen LogP contribution in [0, 0.1) is 0 Å². The number of carbonyl (C=O) groups excluding carboxylic acids is 3. The average Bonchev–Trinajstić information content (AvgIpc) is 3.43. The van der Waals surface area contributed by atoms with Gasteiger partial charge in [0.05, 0.1) is 0 Å². The molecule has 0 aromatic carbocycles.